The van der Waals surface area contributed by atoms with Crippen LogP contribution in [0.4, 0.5) is 11.6 Å². The molecule has 1 atom stereocenters. The van der Waals surface area contributed by atoms with E-state index in [1.54, 1.807) is 0 Å². The van der Waals surface area contributed by atoms with Crippen LogP contribution in [0.1, 0.15) is 31.7 Å². The summed E-state index contributed by atoms with van der Waals surface area (Å²) in [4.78, 5) is 85.2. The van der Waals surface area contributed by atoms with Gasteiger partial charge < -0.3 is 29.2 Å². The summed E-state index contributed by atoms with van der Waals surface area (Å²) in [6.07, 6.45) is 0.365. The van der Waals surface area contributed by atoms with Crippen LogP contribution < -0.4 is 80.6 Å². The van der Waals surface area contributed by atoms with Crippen molar-refractivity contribution in [1.29, 1.82) is 0 Å². The van der Waals surface area contributed by atoms with E-state index in [0.717, 1.165) is 4.90 Å². The van der Waals surface area contributed by atoms with Crippen molar-refractivity contribution in [3.8, 4) is 0 Å². The second-order valence-electron chi connectivity index (χ2n) is 7.52. The van der Waals surface area contributed by atoms with E-state index in [0.29, 0.717) is 0 Å². The number of carboxylic acid groups (broad SMARTS) is 3. The number of fused-ring (bicyclic) bond motifs is 1. The molecule has 2 heterocycles. The van der Waals surface area contributed by atoms with Crippen LogP contribution in [0, 0.1) is 0 Å². The molecule has 18 heteroatoms. The molecule has 39 heavy (non-hydrogen) atoms. The molecule has 0 aliphatic rings. The summed E-state index contributed by atoms with van der Waals surface area (Å²) >= 11 is 0. The molecule has 0 bridgehead atoms. The maximum atomic E-state index is 12.4. The van der Waals surface area contributed by atoms with Gasteiger partial charge in [0.15, 0.2) is 11.2 Å². The molecule has 2 amide bonds. The number of aromatic nitrogens is 4. The number of nitrogens with one attached hydrogen (secondary N) is 2. The number of rotatable bonds is 9. The van der Waals surface area contributed by atoms with Crippen LogP contribution in [0.2, 0.25) is 0 Å². The number of aromatic amines is 1. The normalized spacial score (nSPS) is 10.9. The molecule has 0 aliphatic heterocycles. The summed E-state index contributed by atoms with van der Waals surface area (Å²) in [7, 11) is 0. The molecule has 196 valence electrons. The Morgan fingerprint density at radius 1 is 1.05 bits per heavy atom. The van der Waals surface area contributed by atoms with Gasteiger partial charge in [0.2, 0.25) is 5.95 Å². The van der Waals surface area contributed by atoms with E-state index >= 15 is 0 Å². The molecule has 2 aromatic heterocycles. The van der Waals surface area contributed by atoms with Crippen LogP contribution in [-0.2, 0) is 25.7 Å². The van der Waals surface area contributed by atoms with Gasteiger partial charge in [0, 0.05) is 17.7 Å². The molecule has 0 saturated heterocycles. The van der Waals surface area contributed by atoms with E-state index in [-0.39, 0.29) is 102 Å². The molecule has 0 spiro atoms. The zero-order valence-corrected chi connectivity index (χ0v) is 24.7. The average molecular weight is 561 g/mol. The molecular formula is C21H21N7Na2O9. The van der Waals surface area contributed by atoms with Crippen molar-refractivity contribution in [1.82, 2.24) is 25.3 Å². The first-order valence-corrected chi connectivity index (χ1v) is 10.4. The third-order valence-corrected chi connectivity index (χ3v) is 4.93. The van der Waals surface area contributed by atoms with Gasteiger partial charge in [-0.25, -0.2) is 19.6 Å². The van der Waals surface area contributed by atoms with Gasteiger partial charge in [-0.3, -0.25) is 29.1 Å². The van der Waals surface area contributed by atoms with Crippen molar-refractivity contribution in [3.63, 3.8) is 0 Å². The second kappa shape index (κ2) is 14.7. The summed E-state index contributed by atoms with van der Waals surface area (Å²) in [6.45, 7) is -0.417. The van der Waals surface area contributed by atoms with Crippen LogP contribution in [0.25, 0.3) is 11.2 Å². The molecule has 0 unspecified atom stereocenters. The predicted octanol–water partition coefficient (Wildman–Crippen LogP) is -6.81. The van der Waals surface area contributed by atoms with Crippen molar-refractivity contribution >= 4 is 52.5 Å². The van der Waals surface area contributed by atoms with E-state index in [4.69, 9.17) is 10.8 Å². The van der Waals surface area contributed by atoms with Crippen molar-refractivity contribution in [2.45, 2.75) is 25.4 Å². The van der Waals surface area contributed by atoms with Crippen LogP contribution in [0.5, 0.6) is 0 Å². The number of nitrogen functional groups attached to an aromatic ring is 1. The molecule has 0 saturated carbocycles. The number of H-pyrrole nitrogens is 1. The van der Waals surface area contributed by atoms with Crippen LogP contribution in [0.3, 0.4) is 0 Å². The van der Waals surface area contributed by atoms with E-state index in [1.807, 2.05) is 0 Å². The topological polar surface area (TPSA) is 259 Å². The van der Waals surface area contributed by atoms with E-state index in [2.05, 4.69) is 25.3 Å². The van der Waals surface area contributed by atoms with Gasteiger partial charge in [0.05, 0.1) is 18.4 Å². The van der Waals surface area contributed by atoms with E-state index in [1.165, 1.54) is 30.5 Å². The van der Waals surface area contributed by atoms with E-state index in [9.17, 15) is 39.0 Å². The Bertz CT molecular complexity index is 1480. The SMILES string of the molecule is Nc1nc2ncc(CN(C(=O)C(=O)O)c3ccc(C(=O)N[C@@H](CCC(=O)O)C(=O)O)cc3)nc2c(=O)[nH]1.[H-].[H-].[Na+].[Na+]. The number of carbonyl (C=O) groups is 5. The second-order valence-corrected chi connectivity index (χ2v) is 7.52. The maximum Gasteiger partial charge on any atom is 1.00 e. The van der Waals surface area contributed by atoms with Gasteiger partial charge >= 0.3 is 82.9 Å². The predicted molar refractivity (Wildman–Crippen MR) is 126 cm³/mol. The Balaban J connectivity index is 0. The molecule has 0 radical (unpaired) electrons. The minimum absolute atomic E-state index is 0. The fourth-order valence-electron chi connectivity index (χ4n) is 3.16. The molecular weight excluding hydrogens is 540 g/mol. The number of anilines is 2. The third-order valence-electron chi connectivity index (χ3n) is 4.93. The van der Waals surface area contributed by atoms with Gasteiger partial charge in [0.25, 0.3) is 11.5 Å². The zero-order chi connectivity index (χ0) is 27.3. The summed E-state index contributed by atoms with van der Waals surface area (Å²) in [6, 6.07) is 3.46. The van der Waals surface area contributed by atoms with Crippen molar-refractivity contribution in [3.05, 3.63) is 52.1 Å². The number of amides is 2. The van der Waals surface area contributed by atoms with Gasteiger partial charge in [-0.2, -0.15) is 4.98 Å². The molecule has 16 nitrogen and oxygen atoms in total. The van der Waals surface area contributed by atoms with Crippen LogP contribution in [0.15, 0.2) is 35.3 Å². The Labute approximate surface area is 265 Å². The standard InChI is InChI=1S/C21H19N7O9.2Na.2H/c22-21-26-15-14(17(32)27-21)24-10(7-23-15)8-28(18(33)20(36)37)11-3-1-9(2-4-11)16(31)25-12(19(34)35)5-6-13(29)30;;;;/h1-4,7,12H,5-6,8H2,(H,25,31)(H,29,30)(H,34,35)(H,36,37)(H3,22,23,26,27,32);;;;/q;2*+1;2*-1/t12-;;;;/m0..../s1. The maximum absolute atomic E-state index is 12.4. The largest absolute Gasteiger partial charge is 1.00 e. The average Bonchev–Trinajstić information content (AvgIpc) is 2.84. The molecule has 3 aromatic rings. The Kier molecular flexibility index (Phi) is 12.6. The Morgan fingerprint density at radius 3 is 2.26 bits per heavy atom. The van der Waals surface area contributed by atoms with Crippen molar-refractivity contribution in [2.24, 2.45) is 0 Å². The van der Waals surface area contributed by atoms with E-state index < -0.39 is 54.3 Å². The smallest absolute Gasteiger partial charge is 1.00 e. The fraction of sp³-hybridized carbons (Fsp3) is 0.190. The van der Waals surface area contributed by atoms with Crippen molar-refractivity contribution < 1.29 is 101 Å². The summed E-state index contributed by atoms with van der Waals surface area (Å²) in [5.74, 6) is -6.78. The van der Waals surface area contributed by atoms with Gasteiger partial charge in [-0.1, -0.05) is 0 Å². The van der Waals surface area contributed by atoms with Crippen LogP contribution >= 0.6 is 0 Å². The minimum Gasteiger partial charge on any atom is -1.00 e. The number of aliphatic carboxylic acids is 3. The number of nitrogens with zero attached hydrogens (tertiary/aromatic N) is 4. The molecule has 3 rings (SSSR count). The van der Waals surface area contributed by atoms with Crippen LogP contribution in [-0.4, -0.2) is 71.0 Å². The third kappa shape index (κ3) is 8.81. The molecule has 1 aromatic carbocycles. The Hall–Kier alpha value is -3.41. The van der Waals surface area contributed by atoms with Gasteiger partial charge in [-0.15, -0.1) is 0 Å². The summed E-state index contributed by atoms with van der Waals surface area (Å²) in [5.41, 5.74) is 4.58. The summed E-state index contributed by atoms with van der Waals surface area (Å²) < 4.78 is 0. The number of nitrogens with two attached hydrogens (primary N) is 1. The number of benzene rings is 1. The van der Waals surface area contributed by atoms with Gasteiger partial charge in [0.1, 0.15) is 6.04 Å². The first kappa shape index (κ1) is 33.6. The Morgan fingerprint density at radius 2 is 1.69 bits per heavy atom. The molecule has 0 fully saturated rings. The number of carbonyl (C=O) groups excluding carboxylic acids is 2. The summed E-state index contributed by atoms with van der Waals surface area (Å²) in [5, 5.41) is 29.4. The first-order chi connectivity index (χ1) is 17.5. The van der Waals surface area contributed by atoms with Crippen molar-refractivity contribution in [2.75, 3.05) is 10.6 Å². The zero-order valence-electron chi connectivity index (χ0n) is 22.7. The quantitative estimate of drug-likeness (QED) is 0.105. The number of hydrogen-bond acceptors (Lipinski definition) is 10. The fourth-order valence-corrected chi connectivity index (χ4v) is 3.16. The number of carboxylic acids is 3. The molecule has 7 N–H and O–H groups in total. The molecule has 0 aliphatic carbocycles. The first-order valence-electron chi connectivity index (χ1n) is 10.4. The monoisotopic (exact) mass is 561 g/mol. The van der Waals surface area contributed by atoms with Gasteiger partial charge in [-0.05, 0) is 30.7 Å². The number of hydrogen-bond donors (Lipinski definition) is 6. The minimum atomic E-state index is -1.79.